The molecule has 0 aliphatic heterocycles. The van der Waals surface area contributed by atoms with Crippen molar-refractivity contribution in [3.8, 4) is 0 Å². The molecular weight excluding hydrogens is 199 g/mol. The maximum Gasteiger partial charge on any atom is 0.104 e. The minimum absolute atomic E-state index is 0.120. The number of aryl methyl sites for hydroxylation is 1. The third kappa shape index (κ3) is 2.34. The summed E-state index contributed by atoms with van der Waals surface area (Å²) in [5.74, 6) is 0.120. The highest BCUT2D eigenvalue weighted by molar-refractivity contribution is 5.71. The second-order valence-electron chi connectivity index (χ2n) is 4.50. The number of allylic oxidation sites excluding steroid dienone is 2. The minimum Gasteiger partial charge on any atom is -0.211 e. The Morgan fingerprint density at radius 3 is 2.75 bits per heavy atom. The Morgan fingerprint density at radius 2 is 1.94 bits per heavy atom. The predicted molar refractivity (Wildman–Crippen MR) is 66.9 cm³/mol. The zero-order valence-corrected chi connectivity index (χ0v) is 9.93. The third-order valence-electron chi connectivity index (χ3n) is 3.31. The summed E-state index contributed by atoms with van der Waals surface area (Å²) in [5.41, 5.74) is 3.44. The SMILES string of the molecule is CCCCCC1=C(F)CCc2ccccc21. The van der Waals surface area contributed by atoms with Crippen molar-refractivity contribution in [3.63, 3.8) is 0 Å². The van der Waals surface area contributed by atoms with Crippen molar-refractivity contribution in [1.29, 1.82) is 0 Å². The van der Waals surface area contributed by atoms with E-state index >= 15 is 0 Å². The van der Waals surface area contributed by atoms with Gasteiger partial charge in [0.15, 0.2) is 0 Å². The molecule has 1 aliphatic rings. The molecule has 0 unspecified atom stereocenters. The Bertz CT molecular complexity index is 390. The molecule has 0 spiro atoms. The average molecular weight is 218 g/mol. The van der Waals surface area contributed by atoms with E-state index in [0.29, 0.717) is 6.42 Å². The van der Waals surface area contributed by atoms with Gasteiger partial charge < -0.3 is 0 Å². The van der Waals surface area contributed by atoms with E-state index in [4.69, 9.17) is 0 Å². The smallest absolute Gasteiger partial charge is 0.104 e. The van der Waals surface area contributed by atoms with Crippen molar-refractivity contribution >= 4 is 5.57 Å². The van der Waals surface area contributed by atoms with E-state index in [9.17, 15) is 4.39 Å². The summed E-state index contributed by atoms with van der Waals surface area (Å²) in [7, 11) is 0. The van der Waals surface area contributed by atoms with Crippen LogP contribution in [0.1, 0.15) is 50.2 Å². The van der Waals surface area contributed by atoms with E-state index in [1.807, 2.05) is 12.1 Å². The van der Waals surface area contributed by atoms with Gasteiger partial charge in [-0.25, -0.2) is 4.39 Å². The van der Waals surface area contributed by atoms with Crippen molar-refractivity contribution in [3.05, 3.63) is 41.2 Å². The number of halogens is 1. The van der Waals surface area contributed by atoms with Crippen molar-refractivity contribution in [2.45, 2.75) is 45.4 Å². The number of hydrogen-bond donors (Lipinski definition) is 0. The highest BCUT2D eigenvalue weighted by Gasteiger charge is 2.17. The maximum atomic E-state index is 13.8. The molecule has 0 radical (unpaired) electrons. The molecule has 0 atom stereocenters. The van der Waals surface area contributed by atoms with E-state index in [2.05, 4.69) is 19.1 Å². The van der Waals surface area contributed by atoms with Gasteiger partial charge in [0.05, 0.1) is 0 Å². The number of hydrogen-bond acceptors (Lipinski definition) is 0. The zero-order chi connectivity index (χ0) is 11.4. The Labute approximate surface area is 97.2 Å². The lowest BCUT2D eigenvalue weighted by Gasteiger charge is -2.19. The zero-order valence-electron chi connectivity index (χ0n) is 9.93. The van der Waals surface area contributed by atoms with Gasteiger partial charge in [0.25, 0.3) is 0 Å². The number of fused-ring (bicyclic) bond motifs is 1. The molecule has 1 heteroatoms. The predicted octanol–water partition coefficient (Wildman–Crippen LogP) is 4.89. The molecule has 1 aromatic rings. The van der Waals surface area contributed by atoms with Crippen LogP contribution in [0.15, 0.2) is 30.1 Å². The number of benzene rings is 1. The second kappa shape index (κ2) is 5.29. The summed E-state index contributed by atoms with van der Waals surface area (Å²) in [6.45, 7) is 2.18. The fraction of sp³-hybridized carbons (Fsp3) is 0.467. The largest absolute Gasteiger partial charge is 0.211 e. The quantitative estimate of drug-likeness (QED) is 0.631. The molecule has 0 heterocycles. The highest BCUT2D eigenvalue weighted by Crippen LogP contribution is 2.35. The summed E-state index contributed by atoms with van der Waals surface area (Å²) in [5, 5.41) is 0. The van der Waals surface area contributed by atoms with Crippen LogP contribution in [0.2, 0.25) is 0 Å². The second-order valence-corrected chi connectivity index (χ2v) is 4.50. The molecule has 0 saturated carbocycles. The molecule has 1 aromatic carbocycles. The van der Waals surface area contributed by atoms with Crippen LogP contribution in [0, 0.1) is 0 Å². The minimum atomic E-state index is 0.120. The number of rotatable bonds is 4. The fourth-order valence-corrected chi connectivity index (χ4v) is 2.40. The van der Waals surface area contributed by atoms with Crippen LogP contribution in [0.4, 0.5) is 4.39 Å². The summed E-state index contributed by atoms with van der Waals surface area (Å²) in [6, 6.07) is 8.25. The van der Waals surface area contributed by atoms with Crippen molar-refractivity contribution in [1.82, 2.24) is 0 Å². The van der Waals surface area contributed by atoms with Crippen molar-refractivity contribution in [2.75, 3.05) is 0 Å². The maximum absolute atomic E-state index is 13.8. The molecular formula is C15H19F. The fourth-order valence-electron chi connectivity index (χ4n) is 2.40. The lowest BCUT2D eigenvalue weighted by atomic mass is 9.87. The Hall–Kier alpha value is -1.11. The van der Waals surface area contributed by atoms with Gasteiger partial charge in [-0.2, -0.15) is 0 Å². The summed E-state index contributed by atoms with van der Waals surface area (Å²) < 4.78 is 13.8. The first kappa shape index (κ1) is 11.4. The summed E-state index contributed by atoms with van der Waals surface area (Å²) >= 11 is 0. The summed E-state index contributed by atoms with van der Waals surface area (Å²) in [6.07, 6.45) is 5.84. The van der Waals surface area contributed by atoms with Gasteiger partial charge in [-0.05, 0) is 36.0 Å². The lowest BCUT2D eigenvalue weighted by molar-refractivity contribution is 0.577. The molecule has 0 aromatic heterocycles. The van der Waals surface area contributed by atoms with Crippen LogP contribution >= 0.6 is 0 Å². The normalized spacial score (nSPS) is 15.1. The van der Waals surface area contributed by atoms with Crippen LogP contribution in [0.5, 0.6) is 0 Å². The third-order valence-corrected chi connectivity index (χ3v) is 3.31. The summed E-state index contributed by atoms with van der Waals surface area (Å²) in [4.78, 5) is 0. The van der Waals surface area contributed by atoms with Gasteiger partial charge >= 0.3 is 0 Å². The standard InChI is InChI=1S/C15H19F/c1-2-3-4-9-14-13-8-6-5-7-12(13)10-11-15(14)16/h5-8H,2-4,9-11H2,1H3. The Kier molecular flexibility index (Phi) is 3.76. The molecule has 0 nitrogen and oxygen atoms in total. The van der Waals surface area contributed by atoms with E-state index < -0.39 is 0 Å². The van der Waals surface area contributed by atoms with Gasteiger partial charge in [-0.1, -0.05) is 44.0 Å². The van der Waals surface area contributed by atoms with Gasteiger partial charge in [0.2, 0.25) is 0 Å². The lowest BCUT2D eigenvalue weighted by Crippen LogP contribution is -2.02. The molecule has 16 heavy (non-hydrogen) atoms. The molecule has 0 fully saturated rings. The molecule has 0 amide bonds. The monoisotopic (exact) mass is 218 g/mol. The van der Waals surface area contributed by atoms with Gasteiger partial charge in [0, 0.05) is 6.42 Å². The van der Waals surface area contributed by atoms with Gasteiger partial charge in [0.1, 0.15) is 5.83 Å². The van der Waals surface area contributed by atoms with Gasteiger partial charge in [-0.3, -0.25) is 0 Å². The van der Waals surface area contributed by atoms with Crippen LogP contribution in [-0.2, 0) is 6.42 Å². The Morgan fingerprint density at radius 1 is 1.12 bits per heavy atom. The van der Waals surface area contributed by atoms with Crippen molar-refractivity contribution < 1.29 is 4.39 Å². The molecule has 1 aliphatic carbocycles. The molecule has 86 valence electrons. The average Bonchev–Trinajstić information content (AvgIpc) is 2.32. The van der Waals surface area contributed by atoms with Crippen molar-refractivity contribution in [2.24, 2.45) is 0 Å². The van der Waals surface area contributed by atoms with Crippen LogP contribution < -0.4 is 0 Å². The first-order valence-electron chi connectivity index (χ1n) is 6.28. The highest BCUT2D eigenvalue weighted by atomic mass is 19.1. The Balaban J connectivity index is 2.20. The van der Waals surface area contributed by atoms with Crippen LogP contribution in [0.25, 0.3) is 5.57 Å². The molecule has 0 bridgehead atoms. The first-order chi connectivity index (χ1) is 7.83. The van der Waals surface area contributed by atoms with Crippen LogP contribution in [-0.4, -0.2) is 0 Å². The van der Waals surface area contributed by atoms with Gasteiger partial charge in [-0.15, -0.1) is 0 Å². The number of unbranched alkanes of at least 4 members (excludes halogenated alkanes) is 2. The van der Waals surface area contributed by atoms with E-state index in [1.54, 1.807) is 0 Å². The molecule has 0 N–H and O–H groups in total. The first-order valence-corrected chi connectivity index (χ1v) is 6.28. The molecule has 2 rings (SSSR count). The van der Waals surface area contributed by atoms with E-state index in [-0.39, 0.29) is 5.83 Å². The molecule has 0 saturated heterocycles. The van der Waals surface area contributed by atoms with E-state index in [1.165, 1.54) is 18.4 Å². The topological polar surface area (TPSA) is 0 Å². The van der Waals surface area contributed by atoms with E-state index in [0.717, 1.165) is 30.4 Å². The van der Waals surface area contributed by atoms with Crippen LogP contribution in [0.3, 0.4) is 0 Å².